The fourth-order valence-corrected chi connectivity index (χ4v) is 5.00. The molecule has 0 bridgehead atoms. The monoisotopic (exact) mass is 636 g/mol. The number of halogens is 2. The maximum absolute atomic E-state index is 15.6. The van der Waals surface area contributed by atoms with Crippen LogP contribution in [0.15, 0.2) is 67.0 Å². The minimum atomic E-state index is -1.42. The quantitative estimate of drug-likeness (QED) is 0.0641. The summed E-state index contributed by atoms with van der Waals surface area (Å²) in [5, 5.41) is 0. The Hall–Kier alpha value is -4.73. The van der Waals surface area contributed by atoms with Gasteiger partial charge < -0.3 is 23.7 Å². The van der Waals surface area contributed by atoms with Crippen LogP contribution in [-0.4, -0.2) is 44.3 Å². The minimum absolute atomic E-state index is 0.109. The van der Waals surface area contributed by atoms with Gasteiger partial charge in [0.05, 0.1) is 18.8 Å². The van der Waals surface area contributed by atoms with Gasteiger partial charge in [0, 0.05) is 17.5 Å². The van der Waals surface area contributed by atoms with Gasteiger partial charge in [-0.2, -0.15) is 4.39 Å². The molecule has 8 nitrogen and oxygen atoms in total. The third-order valence-corrected chi connectivity index (χ3v) is 7.42. The highest BCUT2D eigenvalue weighted by atomic mass is 19.1. The lowest BCUT2D eigenvalue weighted by Gasteiger charge is -2.13. The van der Waals surface area contributed by atoms with Gasteiger partial charge in [-0.3, -0.25) is 4.79 Å². The Morgan fingerprint density at radius 2 is 1.43 bits per heavy atom. The minimum Gasteiger partial charge on any atom is -0.493 e. The van der Waals surface area contributed by atoms with Gasteiger partial charge in [0.1, 0.15) is 30.5 Å². The predicted octanol–water partition coefficient (Wildman–Crippen LogP) is 7.81. The van der Waals surface area contributed by atoms with E-state index in [-0.39, 0.29) is 38.0 Å². The van der Waals surface area contributed by atoms with Crippen LogP contribution in [0.2, 0.25) is 0 Å². The molecule has 1 aliphatic carbocycles. The van der Waals surface area contributed by atoms with E-state index in [2.05, 4.69) is 6.58 Å². The average molecular weight is 637 g/mol. The topological polar surface area (TPSA) is 97.4 Å². The number of rotatable bonds is 17. The summed E-state index contributed by atoms with van der Waals surface area (Å²) in [4.78, 5) is 35.3. The molecule has 1 unspecified atom stereocenters. The smallest absolute Gasteiger partial charge is 0.366 e. The van der Waals surface area contributed by atoms with E-state index in [9.17, 15) is 18.8 Å². The van der Waals surface area contributed by atoms with Gasteiger partial charge in [-0.1, -0.05) is 32.6 Å². The molecule has 1 aliphatic rings. The Kier molecular flexibility index (Phi) is 12.3. The molecule has 0 saturated heterocycles. The van der Waals surface area contributed by atoms with Crippen LogP contribution in [-0.2, 0) is 25.5 Å². The number of unbranched alkanes of at least 4 members (excludes halogenated alkanes) is 3. The summed E-state index contributed by atoms with van der Waals surface area (Å²) in [7, 11) is 0. The summed E-state index contributed by atoms with van der Waals surface area (Å²) in [6.07, 6.45) is 2.54. The van der Waals surface area contributed by atoms with E-state index in [4.69, 9.17) is 23.7 Å². The molecule has 0 radical (unpaired) electrons. The molecule has 0 fully saturated rings. The number of aryl methyl sites for hydroxylation is 1. The highest BCUT2D eigenvalue weighted by Crippen LogP contribution is 2.47. The Morgan fingerprint density at radius 3 is 2.11 bits per heavy atom. The number of carbonyl (C=O) groups excluding carboxylic acids is 3. The third kappa shape index (κ3) is 8.93. The molecule has 0 aliphatic heterocycles. The zero-order valence-electron chi connectivity index (χ0n) is 26.1. The predicted molar refractivity (Wildman–Crippen MR) is 168 cm³/mol. The third-order valence-electron chi connectivity index (χ3n) is 7.42. The first kappa shape index (κ1) is 34.1. The SMILES string of the molecule is C=C(F)C(=O)OCCCCCCOc1ccc(C(=O)Oc2ccc3c(c2)C(F)c2cc(OCCOC(=O)CC)ccc2-3)cc1CC. The number of hydrogen-bond acceptors (Lipinski definition) is 8. The first-order chi connectivity index (χ1) is 22.2. The summed E-state index contributed by atoms with van der Waals surface area (Å²) >= 11 is 0. The van der Waals surface area contributed by atoms with Crippen LogP contribution in [0.25, 0.3) is 11.1 Å². The number of alkyl halides is 1. The van der Waals surface area contributed by atoms with Crippen LogP contribution in [0.4, 0.5) is 8.78 Å². The average Bonchev–Trinajstić information content (AvgIpc) is 3.33. The highest BCUT2D eigenvalue weighted by molar-refractivity contribution is 5.92. The second-order valence-electron chi connectivity index (χ2n) is 10.7. The number of esters is 3. The largest absolute Gasteiger partial charge is 0.493 e. The second kappa shape index (κ2) is 16.5. The molecule has 1 atom stereocenters. The standard InChI is InChI=1S/C36H38F2O8/c1-4-24-20-25(10-15-32(24)43-16-8-6-7-9-17-45-35(40)23(3)37)36(41)46-27-12-14-29-28-13-11-26(42-18-19-44-33(39)5-2)21-30(28)34(38)31(29)22-27/h10-15,20-22,34H,3-9,16-19H2,1-2H3. The number of ether oxygens (including phenoxy) is 5. The molecule has 0 saturated carbocycles. The van der Waals surface area contributed by atoms with E-state index in [0.29, 0.717) is 53.2 Å². The van der Waals surface area contributed by atoms with Gasteiger partial charge in [-0.15, -0.1) is 0 Å². The number of benzene rings is 3. The van der Waals surface area contributed by atoms with Crippen molar-refractivity contribution in [3.63, 3.8) is 0 Å². The van der Waals surface area contributed by atoms with Crippen LogP contribution in [0.1, 0.15) is 79.2 Å². The Balaban J connectivity index is 1.28. The van der Waals surface area contributed by atoms with Crippen molar-refractivity contribution in [2.45, 2.75) is 58.5 Å². The van der Waals surface area contributed by atoms with Crippen LogP contribution in [0.5, 0.6) is 17.2 Å². The fourth-order valence-electron chi connectivity index (χ4n) is 5.00. The molecule has 0 amide bonds. The van der Waals surface area contributed by atoms with E-state index in [1.54, 1.807) is 61.5 Å². The van der Waals surface area contributed by atoms with Crippen molar-refractivity contribution < 1.29 is 46.8 Å². The molecular formula is C36H38F2O8. The normalized spacial score (nSPS) is 12.9. The van der Waals surface area contributed by atoms with Crippen molar-refractivity contribution in [1.82, 2.24) is 0 Å². The van der Waals surface area contributed by atoms with Gasteiger partial charge in [0.25, 0.3) is 0 Å². The summed E-state index contributed by atoms with van der Waals surface area (Å²) in [5.41, 5.74) is 3.50. The zero-order chi connectivity index (χ0) is 33.1. The van der Waals surface area contributed by atoms with Gasteiger partial charge in [-0.25, -0.2) is 14.0 Å². The van der Waals surface area contributed by atoms with Gasteiger partial charge in [-0.05, 0) is 91.3 Å². The number of carbonyl (C=O) groups is 3. The first-order valence-electron chi connectivity index (χ1n) is 15.4. The molecule has 4 rings (SSSR count). The maximum atomic E-state index is 15.6. The lowest BCUT2D eigenvalue weighted by atomic mass is 10.1. The molecule has 10 heteroatoms. The summed E-state index contributed by atoms with van der Waals surface area (Å²) in [5.74, 6) is -1.63. The number of fused-ring (bicyclic) bond motifs is 3. The van der Waals surface area contributed by atoms with Crippen molar-refractivity contribution in [2.24, 2.45) is 0 Å². The summed E-state index contributed by atoms with van der Waals surface area (Å²) in [6, 6.07) is 15.2. The Bertz CT molecular complexity index is 1570. The van der Waals surface area contributed by atoms with Gasteiger partial charge in [0.15, 0.2) is 6.17 Å². The second-order valence-corrected chi connectivity index (χ2v) is 10.7. The van der Waals surface area contributed by atoms with Crippen molar-refractivity contribution in [3.8, 4) is 28.4 Å². The molecule has 0 N–H and O–H groups in total. The summed E-state index contributed by atoms with van der Waals surface area (Å²) in [6.45, 7) is 7.45. The van der Waals surface area contributed by atoms with Crippen molar-refractivity contribution >= 4 is 17.9 Å². The zero-order valence-corrected chi connectivity index (χ0v) is 26.1. The molecule has 46 heavy (non-hydrogen) atoms. The maximum Gasteiger partial charge on any atom is 0.366 e. The fraction of sp³-hybridized carbons (Fsp3) is 0.361. The van der Waals surface area contributed by atoms with Gasteiger partial charge in [0.2, 0.25) is 5.83 Å². The summed E-state index contributed by atoms with van der Waals surface area (Å²) < 4.78 is 55.1. The van der Waals surface area contributed by atoms with Crippen molar-refractivity contribution in [1.29, 1.82) is 0 Å². The highest BCUT2D eigenvalue weighted by Gasteiger charge is 2.30. The molecular weight excluding hydrogens is 598 g/mol. The van der Waals surface area contributed by atoms with Crippen LogP contribution in [0.3, 0.4) is 0 Å². The molecule has 3 aromatic rings. The van der Waals surface area contributed by atoms with Gasteiger partial charge >= 0.3 is 17.9 Å². The van der Waals surface area contributed by atoms with E-state index >= 15 is 4.39 Å². The Morgan fingerprint density at radius 1 is 0.761 bits per heavy atom. The first-order valence-corrected chi connectivity index (χ1v) is 15.4. The Labute approximate surface area is 267 Å². The van der Waals surface area contributed by atoms with Crippen LogP contribution in [0, 0.1) is 0 Å². The van der Waals surface area contributed by atoms with E-state index in [1.165, 1.54) is 0 Å². The van der Waals surface area contributed by atoms with E-state index < -0.39 is 23.9 Å². The van der Waals surface area contributed by atoms with E-state index in [1.807, 2.05) is 6.92 Å². The molecule has 0 aromatic heterocycles. The van der Waals surface area contributed by atoms with Crippen molar-refractivity contribution in [2.75, 3.05) is 26.4 Å². The van der Waals surface area contributed by atoms with Crippen molar-refractivity contribution in [3.05, 3.63) is 89.3 Å². The van der Waals surface area contributed by atoms with E-state index in [0.717, 1.165) is 30.4 Å². The lowest BCUT2D eigenvalue weighted by Crippen LogP contribution is -2.11. The molecule has 3 aromatic carbocycles. The molecule has 0 heterocycles. The van der Waals surface area contributed by atoms with Crippen LogP contribution < -0.4 is 14.2 Å². The van der Waals surface area contributed by atoms with Crippen LogP contribution >= 0.6 is 0 Å². The molecule has 244 valence electrons. The molecule has 0 spiro atoms. The number of hydrogen-bond donors (Lipinski definition) is 0. The lowest BCUT2D eigenvalue weighted by molar-refractivity contribution is -0.144.